The first-order chi connectivity index (χ1) is 8.35. The van der Waals surface area contributed by atoms with Gasteiger partial charge in [0.05, 0.1) is 13.7 Å². The standard InChI is InChI=1S/C15H22O2/c1-17-14-9-5-8-13(10-14)15(11-16)12-6-3-2-4-7-12/h5,8-10,12,15-16H,2-4,6-7,11H2,1H3. The van der Waals surface area contributed by atoms with Gasteiger partial charge in [-0.15, -0.1) is 0 Å². The molecule has 1 aliphatic carbocycles. The van der Waals surface area contributed by atoms with Gasteiger partial charge in [0.2, 0.25) is 0 Å². The fraction of sp³-hybridized carbons (Fsp3) is 0.600. The molecule has 0 saturated heterocycles. The van der Waals surface area contributed by atoms with Crippen molar-refractivity contribution in [2.24, 2.45) is 5.92 Å². The van der Waals surface area contributed by atoms with Crippen molar-refractivity contribution >= 4 is 0 Å². The number of aliphatic hydroxyl groups is 1. The number of hydrogen-bond donors (Lipinski definition) is 1. The quantitative estimate of drug-likeness (QED) is 0.865. The average Bonchev–Trinajstić information content (AvgIpc) is 2.41. The summed E-state index contributed by atoms with van der Waals surface area (Å²) in [5, 5.41) is 9.65. The van der Waals surface area contributed by atoms with E-state index in [0.29, 0.717) is 5.92 Å². The molecule has 2 heteroatoms. The van der Waals surface area contributed by atoms with Crippen LogP contribution in [0.4, 0.5) is 0 Å². The maximum Gasteiger partial charge on any atom is 0.119 e. The molecular weight excluding hydrogens is 212 g/mol. The molecule has 0 bridgehead atoms. The Morgan fingerprint density at radius 2 is 2.06 bits per heavy atom. The Labute approximate surface area is 104 Å². The first-order valence-electron chi connectivity index (χ1n) is 6.60. The summed E-state index contributed by atoms with van der Waals surface area (Å²) in [7, 11) is 1.69. The fourth-order valence-electron chi connectivity index (χ4n) is 2.94. The summed E-state index contributed by atoms with van der Waals surface area (Å²) in [6.07, 6.45) is 6.48. The van der Waals surface area contributed by atoms with Crippen LogP contribution < -0.4 is 4.74 Å². The van der Waals surface area contributed by atoms with Gasteiger partial charge in [-0.2, -0.15) is 0 Å². The number of methoxy groups -OCH3 is 1. The Bertz CT molecular complexity index is 343. The molecule has 1 N–H and O–H groups in total. The molecule has 2 rings (SSSR count). The number of benzene rings is 1. The van der Waals surface area contributed by atoms with E-state index in [9.17, 15) is 5.11 Å². The molecule has 0 radical (unpaired) electrons. The van der Waals surface area contributed by atoms with Crippen LogP contribution in [0.3, 0.4) is 0 Å². The lowest BCUT2D eigenvalue weighted by Gasteiger charge is -2.29. The van der Waals surface area contributed by atoms with Gasteiger partial charge in [0.1, 0.15) is 5.75 Å². The maximum absolute atomic E-state index is 9.65. The molecule has 1 aliphatic rings. The molecule has 1 atom stereocenters. The molecule has 0 aromatic heterocycles. The summed E-state index contributed by atoms with van der Waals surface area (Å²) in [4.78, 5) is 0. The Balaban J connectivity index is 2.15. The molecule has 1 saturated carbocycles. The van der Waals surface area contributed by atoms with E-state index in [-0.39, 0.29) is 12.5 Å². The van der Waals surface area contributed by atoms with Crippen LogP contribution in [0.2, 0.25) is 0 Å². The van der Waals surface area contributed by atoms with Crippen LogP contribution in [0.15, 0.2) is 24.3 Å². The van der Waals surface area contributed by atoms with Gasteiger partial charge in [-0.1, -0.05) is 31.4 Å². The molecule has 0 aliphatic heterocycles. The Hall–Kier alpha value is -1.02. The lowest BCUT2D eigenvalue weighted by molar-refractivity contribution is 0.196. The summed E-state index contributed by atoms with van der Waals surface area (Å²) >= 11 is 0. The van der Waals surface area contributed by atoms with Gasteiger partial charge in [-0.3, -0.25) is 0 Å². The van der Waals surface area contributed by atoms with E-state index in [4.69, 9.17) is 4.74 Å². The number of ether oxygens (including phenoxy) is 1. The first-order valence-corrected chi connectivity index (χ1v) is 6.60. The number of rotatable bonds is 4. The molecule has 1 aromatic carbocycles. The predicted molar refractivity (Wildman–Crippen MR) is 69.4 cm³/mol. The van der Waals surface area contributed by atoms with Crippen molar-refractivity contribution in [1.29, 1.82) is 0 Å². The molecule has 1 aromatic rings. The minimum atomic E-state index is 0.248. The second-order valence-corrected chi connectivity index (χ2v) is 4.96. The lowest BCUT2D eigenvalue weighted by Crippen LogP contribution is -2.19. The second-order valence-electron chi connectivity index (χ2n) is 4.96. The van der Waals surface area contributed by atoms with Crippen molar-refractivity contribution in [2.45, 2.75) is 38.0 Å². The highest BCUT2D eigenvalue weighted by atomic mass is 16.5. The van der Waals surface area contributed by atoms with Crippen molar-refractivity contribution in [3.63, 3.8) is 0 Å². The van der Waals surface area contributed by atoms with Crippen LogP contribution in [0.25, 0.3) is 0 Å². The van der Waals surface area contributed by atoms with Gasteiger partial charge in [0.25, 0.3) is 0 Å². The minimum absolute atomic E-state index is 0.248. The molecular formula is C15H22O2. The van der Waals surface area contributed by atoms with Crippen molar-refractivity contribution in [3.05, 3.63) is 29.8 Å². The zero-order valence-corrected chi connectivity index (χ0v) is 10.6. The van der Waals surface area contributed by atoms with Crippen molar-refractivity contribution in [2.75, 3.05) is 13.7 Å². The van der Waals surface area contributed by atoms with Gasteiger partial charge in [-0.05, 0) is 36.5 Å². The predicted octanol–water partition coefficient (Wildman–Crippen LogP) is 3.35. The van der Waals surface area contributed by atoms with Crippen LogP contribution >= 0.6 is 0 Å². The smallest absolute Gasteiger partial charge is 0.119 e. The number of aliphatic hydroxyl groups excluding tert-OH is 1. The zero-order chi connectivity index (χ0) is 12.1. The zero-order valence-electron chi connectivity index (χ0n) is 10.6. The van der Waals surface area contributed by atoms with E-state index >= 15 is 0 Å². The Morgan fingerprint density at radius 1 is 1.29 bits per heavy atom. The highest BCUT2D eigenvalue weighted by Crippen LogP contribution is 2.36. The van der Waals surface area contributed by atoms with Gasteiger partial charge >= 0.3 is 0 Å². The van der Waals surface area contributed by atoms with Gasteiger partial charge in [0, 0.05) is 5.92 Å². The third-order valence-corrected chi connectivity index (χ3v) is 3.94. The molecule has 17 heavy (non-hydrogen) atoms. The van der Waals surface area contributed by atoms with Gasteiger partial charge < -0.3 is 9.84 Å². The molecule has 0 heterocycles. The van der Waals surface area contributed by atoms with Gasteiger partial charge in [0.15, 0.2) is 0 Å². The van der Waals surface area contributed by atoms with Crippen molar-refractivity contribution < 1.29 is 9.84 Å². The molecule has 94 valence electrons. The van der Waals surface area contributed by atoms with Crippen molar-refractivity contribution in [3.8, 4) is 5.75 Å². The van der Waals surface area contributed by atoms with E-state index < -0.39 is 0 Å². The monoisotopic (exact) mass is 234 g/mol. The van der Waals surface area contributed by atoms with Crippen LogP contribution in [0.5, 0.6) is 5.75 Å². The molecule has 1 unspecified atom stereocenters. The Morgan fingerprint density at radius 3 is 2.71 bits per heavy atom. The highest BCUT2D eigenvalue weighted by molar-refractivity contribution is 5.31. The van der Waals surface area contributed by atoms with Crippen LogP contribution in [-0.2, 0) is 0 Å². The van der Waals surface area contributed by atoms with E-state index in [1.165, 1.54) is 37.7 Å². The summed E-state index contributed by atoms with van der Waals surface area (Å²) in [6.45, 7) is 0.248. The SMILES string of the molecule is COc1cccc(C(CO)C2CCCCC2)c1. The van der Waals surface area contributed by atoms with E-state index in [1.807, 2.05) is 12.1 Å². The van der Waals surface area contributed by atoms with E-state index in [1.54, 1.807) is 7.11 Å². The summed E-state index contributed by atoms with van der Waals surface area (Å²) in [5.41, 5.74) is 1.22. The highest BCUT2D eigenvalue weighted by Gasteiger charge is 2.24. The lowest BCUT2D eigenvalue weighted by atomic mass is 9.77. The van der Waals surface area contributed by atoms with E-state index in [0.717, 1.165) is 5.75 Å². The van der Waals surface area contributed by atoms with Crippen LogP contribution in [0, 0.1) is 5.92 Å². The largest absolute Gasteiger partial charge is 0.497 e. The summed E-state index contributed by atoms with van der Waals surface area (Å²) in [6, 6.07) is 8.14. The fourth-order valence-corrected chi connectivity index (χ4v) is 2.94. The first kappa shape index (κ1) is 12.4. The maximum atomic E-state index is 9.65. The normalized spacial score (nSPS) is 18.9. The second kappa shape index (κ2) is 6.06. The topological polar surface area (TPSA) is 29.5 Å². The average molecular weight is 234 g/mol. The molecule has 0 amide bonds. The Kier molecular flexibility index (Phi) is 4.43. The number of hydrogen-bond acceptors (Lipinski definition) is 2. The third kappa shape index (κ3) is 3.01. The molecule has 2 nitrogen and oxygen atoms in total. The van der Waals surface area contributed by atoms with Gasteiger partial charge in [-0.25, -0.2) is 0 Å². The summed E-state index contributed by atoms with van der Waals surface area (Å²) < 4.78 is 5.26. The minimum Gasteiger partial charge on any atom is -0.497 e. The molecule has 1 fully saturated rings. The van der Waals surface area contributed by atoms with Crippen molar-refractivity contribution in [1.82, 2.24) is 0 Å². The molecule has 0 spiro atoms. The van der Waals surface area contributed by atoms with Crippen LogP contribution in [0.1, 0.15) is 43.6 Å². The summed E-state index contributed by atoms with van der Waals surface area (Å²) in [5.74, 6) is 1.81. The third-order valence-electron chi connectivity index (χ3n) is 3.94. The van der Waals surface area contributed by atoms with E-state index in [2.05, 4.69) is 12.1 Å². The van der Waals surface area contributed by atoms with Crippen LogP contribution in [-0.4, -0.2) is 18.8 Å².